The van der Waals surface area contributed by atoms with Crippen LogP contribution < -0.4 is 10.5 Å². The quantitative estimate of drug-likeness (QED) is 0.745. The van der Waals surface area contributed by atoms with Crippen molar-refractivity contribution in [2.45, 2.75) is 25.6 Å². The second-order valence-corrected chi connectivity index (χ2v) is 5.24. The summed E-state index contributed by atoms with van der Waals surface area (Å²) in [6.45, 7) is -0.172. The van der Waals surface area contributed by atoms with Crippen LogP contribution in [0.2, 0.25) is 5.02 Å². The van der Waals surface area contributed by atoms with E-state index in [1.54, 1.807) is 0 Å². The minimum absolute atomic E-state index is 0.0454. The molecule has 0 aliphatic heterocycles. The van der Waals surface area contributed by atoms with Gasteiger partial charge in [-0.3, -0.25) is 15.2 Å². The van der Waals surface area contributed by atoms with E-state index >= 15 is 0 Å². The lowest BCUT2D eigenvalue weighted by Crippen LogP contribution is -2.40. The minimum atomic E-state index is -4.56. The van der Waals surface area contributed by atoms with E-state index in [0.717, 1.165) is 0 Å². The number of anilines is 1. The first kappa shape index (κ1) is 15.9. The second-order valence-electron chi connectivity index (χ2n) is 4.84. The lowest BCUT2D eigenvalue weighted by atomic mass is 10.1. The normalized spacial score (nSPS) is 16.5. The predicted octanol–water partition coefficient (Wildman–Crippen LogP) is 2.88. The summed E-state index contributed by atoms with van der Waals surface area (Å²) >= 11 is 5.70. The number of alkyl halides is 3. The van der Waals surface area contributed by atoms with Crippen LogP contribution in [0, 0.1) is 5.41 Å². The summed E-state index contributed by atoms with van der Waals surface area (Å²) in [6.07, 6.45) is -4.99. The lowest BCUT2D eigenvalue weighted by molar-refractivity contribution is -0.192. The third kappa shape index (κ3) is 3.07. The molecule has 1 aromatic rings. The van der Waals surface area contributed by atoms with E-state index in [2.05, 4.69) is 5.32 Å². The van der Waals surface area contributed by atoms with E-state index in [9.17, 15) is 18.0 Å². The van der Waals surface area contributed by atoms with E-state index < -0.39 is 17.5 Å². The van der Waals surface area contributed by atoms with Crippen LogP contribution >= 0.6 is 11.6 Å². The molecule has 5 nitrogen and oxygen atoms in total. The highest BCUT2D eigenvalue weighted by molar-refractivity contribution is 6.33. The summed E-state index contributed by atoms with van der Waals surface area (Å²) in [5.74, 6) is -1.07. The van der Waals surface area contributed by atoms with E-state index in [0.29, 0.717) is 5.56 Å². The largest absolute Gasteiger partial charge is 0.403 e. The van der Waals surface area contributed by atoms with Gasteiger partial charge < -0.3 is 5.32 Å². The third-order valence-corrected chi connectivity index (χ3v) is 3.73. The average molecular weight is 325 g/mol. The molecule has 2 rings (SSSR count). The number of nitrogens with one attached hydrogen (secondary N) is 1. The van der Waals surface area contributed by atoms with Crippen LogP contribution in [0.15, 0.2) is 18.2 Å². The molecular formula is C12H12ClF3N2O3. The van der Waals surface area contributed by atoms with Crippen LogP contribution in [0.1, 0.15) is 18.4 Å². The van der Waals surface area contributed by atoms with Crippen LogP contribution in [-0.4, -0.2) is 22.5 Å². The zero-order valence-corrected chi connectivity index (χ0v) is 11.4. The molecule has 0 heterocycles. The fourth-order valence-corrected chi connectivity index (χ4v) is 2.13. The average Bonchev–Trinajstić information content (AvgIpc) is 3.17. The van der Waals surface area contributed by atoms with Gasteiger partial charge in [-0.2, -0.15) is 13.2 Å². The summed E-state index contributed by atoms with van der Waals surface area (Å²) in [5, 5.41) is 19.9. The number of rotatable bonds is 4. The molecule has 0 radical (unpaired) electrons. The summed E-state index contributed by atoms with van der Waals surface area (Å²) in [7, 11) is 0. The lowest BCUT2D eigenvalue weighted by Gasteiger charge is -2.19. The molecule has 1 aliphatic rings. The van der Waals surface area contributed by atoms with Crippen molar-refractivity contribution >= 4 is 23.2 Å². The maximum atomic E-state index is 12.7. The Morgan fingerprint density at radius 2 is 2.00 bits per heavy atom. The van der Waals surface area contributed by atoms with E-state index in [1.807, 2.05) is 0 Å². The van der Waals surface area contributed by atoms with Crippen molar-refractivity contribution in [2.24, 2.45) is 5.41 Å². The number of carbonyl (C=O) groups is 1. The Balaban J connectivity index is 2.04. The second kappa shape index (κ2) is 5.36. The van der Waals surface area contributed by atoms with Gasteiger partial charge in [0, 0.05) is 6.54 Å². The first-order chi connectivity index (χ1) is 9.67. The zero-order valence-electron chi connectivity index (χ0n) is 10.6. The van der Waals surface area contributed by atoms with Crippen LogP contribution in [0.4, 0.5) is 18.9 Å². The molecule has 0 atom stereocenters. The van der Waals surface area contributed by atoms with Gasteiger partial charge in [0.05, 0.1) is 5.02 Å². The Hall–Kier alpha value is -1.51. The molecule has 1 aromatic carbocycles. The number of halogens is 4. The highest BCUT2D eigenvalue weighted by atomic mass is 35.5. The molecule has 116 valence electrons. The van der Waals surface area contributed by atoms with Crippen molar-refractivity contribution in [1.29, 1.82) is 0 Å². The maximum absolute atomic E-state index is 12.7. The first-order valence-electron chi connectivity index (χ1n) is 5.99. The molecule has 0 saturated heterocycles. The van der Waals surface area contributed by atoms with Gasteiger partial charge in [0.25, 0.3) is 0 Å². The molecule has 0 bridgehead atoms. The van der Waals surface area contributed by atoms with E-state index in [-0.39, 0.29) is 35.3 Å². The van der Waals surface area contributed by atoms with Crippen molar-refractivity contribution in [3.63, 3.8) is 0 Å². The van der Waals surface area contributed by atoms with Gasteiger partial charge in [-0.05, 0) is 30.5 Å². The first-order valence-corrected chi connectivity index (χ1v) is 6.36. The summed E-state index contributed by atoms with van der Waals surface area (Å²) in [4.78, 5) is 11.7. The monoisotopic (exact) mass is 324 g/mol. The van der Waals surface area contributed by atoms with Crippen LogP contribution in [0.5, 0.6) is 0 Å². The number of carbonyl (C=O) groups excluding carboxylic acids is 1. The standard InChI is InChI=1S/C12H12ClF3N2O3/c13-8-2-1-7(5-9(8)18(20)21)6-17-10(19)11(3-4-11)12(14,15)16/h1-2,5,20-21H,3-4,6H2,(H,17,19). The van der Waals surface area contributed by atoms with Crippen LogP contribution in [-0.2, 0) is 11.3 Å². The molecule has 9 heteroatoms. The van der Waals surface area contributed by atoms with Gasteiger partial charge in [0.1, 0.15) is 11.1 Å². The molecule has 0 unspecified atom stereocenters. The maximum Gasteiger partial charge on any atom is 0.403 e. The Morgan fingerprint density at radius 3 is 2.48 bits per heavy atom. The van der Waals surface area contributed by atoms with Gasteiger partial charge in [-0.15, -0.1) is 5.23 Å². The summed E-state index contributed by atoms with van der Waals surface area (Å²) < 4.78 is 38.2. The summed E-state index contributed by atoms with van der Waals surface area (Å²) in [5.41, 5.74) is -2.03. The highest BCUT2D eigenvalue weighted by Gasteiger charge is 2.68. The van der Waals surface area contributed by atoms with Crippen LogP contribution in [0.3, 0.4) is 0 Å². The zero-order chi connectivity index (χ0) is 15.8. The third-order valence-electron chi connectivity index (χ3n) is 3.41. The van der Waals surface area contributed by atoms with Crippen molar-refractivity contribution in [2.75, 3.05) is 5.23 Å². The molecule has 1 saturated carbocycles. The van der Waals surface area contributed by atoms with E-state index in [4.69, 9.17) is 22.0 Å². The number of hydrogen-bond donors (Lipinski definition) is 3. The van der Waals surface area contributed by atoms with E-state index in [1.165, 1.54) is 18.2 Å². The van der Waals surface area contributed by atoms with Crippen molar-refractivity contribution in [1.82, 2.24) is 5.32 Å². The smallest absolute Gasteiger partial charge is 0.351 e. The molecular weight excluding hydrogens is 313 g/mol. The fraction of sp³-hybridized carbons (Fsp3) is 0.417. The molecule has 0 spiro atoms. The highest BCUT2D eigenvalue weighted by Crippen LogP contribution is 2.57. The molecule has 3 N–H and O–H groups in total. The molecule has 1 amide bonds. The number of nitrogens with zero attached hydrogens (tertiary/aromatic N) is 1. The number of hydrogen-bond acceptors (Lipinski definition) is 4. The van der Waals surface area contributed by atoms with Gasteiger partial charge in [-0.25, -0.2) is 0 Å². The molecule has 1 aliphatic carbocycles. The fourth-order valence-electron chi connectivity index (χ4n) is 1.94. The van der Waals surface area contributed by atoms with Crippen molar-refractivity contribution < 1.29 is 28.4 Å². The van der Waals surface area contributed by atoms with Crippen LogP contribution in [0.25, 0.3) is 0 Å². The van der Waals surface area contributed by atoms with Gasteiger partial charge in [-0.1, -0.05) is 17.7 Å². The molecule has 21 heavy (non-hydrogen) atoms. The Kier molecular flexibility index (Phi) is 4.05. The summed E-state index contributed by atoms with van der Waals surface area (Å²) in [6, 6.07) is 4.05. The Labute approximate surface area is 122 Å². The van der Waals surface area contributed by atoms with Crippen molar-refractivity contribution in [3.05, 3.63) is 28.8 Å². The number of amides is 1. The minimum Gasteiger partial charge on any atom is -0.351 e. The van der Waals surface area contributed by atoms with Gasteiger partial charge in [0.2, 0.25) is 5.91 Å². The van der Waals surface area contributed by atoms with Gasteiger partial charge >= 0.3 is 6.18 Å². The van der Waals surface area contributed by atoms with Crippen molar-refractivity contribution in [3.8, 4) is 0 Å². The molecule has 1 fully saturated rings. The Bertz CT molecular complexity index is 559. The predicted molar refractivity (Wildman–Crippen MR) is 67.1 cm³/mol. The topological polar surface area (TPSA) is 72.8 Å². The Morgan fingerprint density at radius 1 is 1.38 bits per heavy atom. The molecule has 0 aromatic heterocycles. The van der Waals surface area contributed by atoms with Gasteiger partial charge in [0.15, 0.2) is 0 Å². The number of benzene rings is 1. The SMILES string of the molecule is O=C(NCc1ccc(Cl)c(N(O)O)c1)C1(C(F)(F)F)CC1.